The van der Waals surface area contributed by atoms with Crippen molar-refractivity contribution in [3.63, 3.8) is 0 Å². The predicted octanol–water partition coefficient (Wildman–Crippen LogP) is 5.62. The second-order valence-corrected chi connectivity index (χ2v) is 11.9. The highest BCUT2D eigenvalue weighted by atomic mass is 35.5. The number of carbonyl (C=O) groups excluding carboxylic acids is 2. The summed E-state index contributed by atoms with van der Waals surface area (Å²) in [6.07, 6.45) is 1.02. The molecule has 214 valence electrons. The summed E-state index contributed by atoms with van der Waals surface area (Å²) in [6, 6.07) is 15.7. The first-order valence-electron chi connectivity index (χ1n) is 13.1. The summed E-state index contributed by atoms with van der Waals surface area (Å²) in [5, 5.41) is 3.21. The number of sulfonamides is 1. The Kier molecular flexibility index (Phi) is 10.7. The van der Waals surface area contributed by atoms with Crippen molar-refractivity contribution in [2.45, 2.75) is 58.0 Å². The van der Waals surface area contributed by atoms with Crippen LogP contribution in [0, 0.1) is 19.7 Å². The minimum Gasteiger partial charge on any atom is -0.354 e. The number of nitrogens with one attached hydrogen (secondary N) is 1. The fourth-order valence-corrected chi connectivity index (χ4v) is 5.75. The monoisotopic (exact) mass is 587 g/mol. The van der Waals surface area contributed by atoms with Gasteiger partial charge in [0.05, 0.1) is 10.6 Å². The van der Waals surface area contributed by atoms with Gasteiger partial charge in [-0.1, -0.05) is 43.6 Å². The molecule has 10 heteroatoms. The molecule has 1 atom stereocenters. The molecule has 0 bridgehead atoms. The molecule has 0 aromatic heterocycles. The zero-order chi connectivity index (χ0) is 29.4. The second-order valence-electron chi connectivity index (χ2n) is 9.60. The standard InChI is InChI=1S/C30H35ClFN3O4S/c1-5-17-33-30(37)28(6-2)34(19-23-8-12-25(32)13-9-23)29(36)20-35(26-14-7-21(3)22(4)18-26)40(38,39)27-15-10-24(31)11-16-27/h7-16,18,28H,5-6,17,19-20H2,1-4H3,(H,33,37). The molecule has 3 aromatic carbocycles. The number of hydrogen-bond donors (Lipinski definition) is 1. The molecule has 3 rings (SSSR count). The first kappa shape index (κ1) is 31.1. The van der Waals surface area contributed by atoms with Crippen LogP contribution < -0.4 is 9.62 Å². The summed E-state index contributed by atoms with van der Waals surface area (Å²) in [7, 11) is -4.20. The van der Waals surface area contributed by atoms with Gasteiger partial charge < -0.3 is 10.2 Å². The average Bonchev–Trinajstić information content (AvgIpc) is 2.93. The van der Waals surface area contributed by atoms with Gasteiger partial charge in [-0.05, 0) is 91.9 Å². The maximum Gasteiger partial charge on any atom is 0.264 e. The zero-order valence-electron chi connectivity index (χ0n) is 23.2. The minimum absolute atomic E-state index is 0.00107. The van der Waals surface area contributed by atoms with Crippen LogP contribution in [0.5, 0.6) is 0 Å². The first-order valence-corrected chi connectivity index (χ1v) is 15.0. The Morgan fingerprint density at radius 2 is 1.60 bits per heavy atom. The summed E-state index contributed by atoms with van der Waals surface area (Å²) >= 11 is 6.00. The van der Waals surface area contributed by atoms with Crippen molar-refractivity contribution in [2.24, 2.45) is 0 Å². The molecule has 0 aliphatic carbocycles. The van der Waals surface area contributed by atoms with E-state index in [1.54, 1.807) is 25.1 Å². The van der Waals surface area contributed by atoms with Crippen LogP contribution in [0.3, 0.4) is 0 Å². The lowest BCUT2D eigenvalue weighted by atomic mass is 10.1. The number of halogens is 2. The Balaban J connectivity index is 2.07. The molecule has 0 fully saturated rings. The Morgan fingerprint density at radius 3 is 2.17 bits per heavy atom. The molecule has 7 nitrogen and oxygen atoms in total. The summed E-state index contributed by atoms with van der Waals surface area (Å²) in [4.78, 5) is 28.4. The van der Waals surface area contributed by atoms with Gasteiger partial charge in [-0.15, -0.1) is 0 Å². The molecule has 0 aliphatic heterocycles. The van der Waals surface area contributed by atoms with E-state index in [2.05, 4.69) is 5.32 Å². The molecule has 0 saturated heterocycles. The van der Waals surface area contributed by atoms with Crippen LogP contribution in [0.2, 0.25) is 5.02 Å². The summed E-state index contributed by atoms with van der Waals surface area (Å²) < 4.78 is 42.4. The molecular formula is C30H35ClFN3O4S. The number of benzene rings is 3. The lowest BCUT2D eigenvalue weighted by Gasteiger charge is -2.33. The fraction of sp³-hybridized carbons (Fsp3) is 0.333. The Labute approximate surface area is 241 Å². The lowest BCUT2D eigenvalue weighted by molar-refractivity contribution is -0.140. The van der Waals surface area contributed by atoms with E-state index in [0.717, 1.165) is 15.4 Å². The van der Waals surface area contributed by atoms with Crippen molar-refractivity contribution >= 4 is 39.1 Å². The van der Waals surface area contributed by atoms with Crippen LogP contribution in [0.15, 0.2) is 71.6 Å². The van der Waals surface area contributed by atoms with E-state index in [0.29, 0.717) is 35.7 Å². The van der Waals surface area contributed by atoms with Crippen LogP contribution >= 0.6 is 11.6 Å². The van der Waals surface area contributed by atoms with Crippen LogP contribution in [0.1, 0.15) is 43.4 Å². The van der Waals surface area contributed by atoms with Crippen LogP contribution in [-0.2, 0) is 26.2 Å². The van der Waals surface area contributed by atoms with Gasteiger partial charge in [0.1, 0.15) is 18.4 Å². The lowest BCUT2D eigenvalue weighted by Crippen LogP contribution is -2.52. The maximum atomic E-state index is 14.0. The van der Waals surface area contributed by atoms with E-state index in [1.807, 2.05) is 20.8 Å². The topological polar surface area (TPSA) is 86.8 Å². The zero-order valence-corrected chi connectivity index (χ0v) is 24.7. The van der Waals surface area contributed by atoms with Crippen LogP contribution in [0.4, 0.5) is 10.1 Å². The highest BCUT2D eigenvalue weighted by Gasteiger charge is 2.33. The van der Waals surface area contributed by atoms with Gasteiger partial charge in [-0.2, -0.15) is 0 Å². The normalized spacial score (nSPS) is 12.1. The van der Waals surface area contributed by atoms with E-state index in [9.17, 15) is 22.4 Å². The number of anilines is 1. The number of aryl methyl sites for hydroxylation is 2. The van der Waals surface area contributed by atoms with Gasteiger partial charge in [-0.25, -0.2) is 12.8 Å². The van der Waals surface area contributed by atoms with Gasteiger partial charge in [0.15, 0.2) is 0 Å². The molecule has 0 radical (unpaired) electrons. The van der Waals surface area contributed by atoms with Gasteiger partial charge in [0.2, 0.25) is 11.8 Å². The summed E-state index contributed by atoms with van der Waals surface area (Å²) in [5.74, 6) is -1.33. The molecular weight excluding hydrogens is 553 g/mol. The van der Waals surface area contributed by atoms with Crippen molar-refractivity contribution < 1.29 is 22.4 Å². The first-order chi connectivity index (χ1) is 19.0. The molecule has 0 heterocycles. The number of carbonyl (C=O) groups is 2. The van der Waals surface area contributed by atoms with Crippen molar-refractivity contribution in [3.05, 3.63) is 94.3 Å². The third-order valence-electron chi connectivity index (χ3n) is 6.66. The Hall–Kier alpha value is -3.43. The van der Waals surface area contributed by atoms with E-state index in [-0.39, 0.29) is 17.3 Å². The number of amides is 2. The van der Waals surface area contributed by atoms with Gasteiger partial charge in [-0.3, -0.25) is 13.9 Å². The predicted molar refractivity (Wildman–Crippen MR) is 156 cm³/mol. The molecule has 1 N–H and O–H groups in total. The smallest absolute Gasteiger partial charge is 0.264 e. The van der Waals surface area contributed by atoms with E-state index < -0.39 is 34.3 Å². The Bertz CT molecular complexity index is 1430. The van der Waals surface area contributed by atoms with E-state index >= 15 is 0 Å². The largest absolute Gasteiger partial charge is 0.354 e. The number of nitrogens with zero attached hydrogens (tertiary/aromatic N) is 2. The van der Waals surface area contributed by atoms with E-state index in [4.69, 9.17) is 11.6 Å². The summed E-state index contributed by atoms with van der Waals surface area (Å²) in [5.41, 5.74) is 2.75. The minimum atomic E-state index is -4.20. The second kappa shape index (κ2) is 13.8. The quantitative estimate of drug-likeness (QED) is 0.298. The number of hydrogen-bond acceptors (Lipinski definition) is 4. The van der Waals surface area contributed by atoms with Crippen LogP contribution in [-0.4, -0.2) is 44.3 Å². The molecule has 2 amide bonds. The third-order valence-corrected chi connectivity index (χ3v) is 8.70. The third kappa shape index (κ3) is 7.61. The molecule has 0 saturated carbocycles. The maximum absolute atomic E-state index is 14.0. The molecule has 0 aliphatic rings. The molecule has 1 unspecified atom stereocenters. The van der Waals surface area contributed by atoms with E-state index in [1.165, 1.54) is 53.4 Å². The highest BCUT2D eigenvalue weighted by Crippen LogP contribution is 2.27. The highest BCUT2D eigenvalue weighted by molar-refractivity contribution is 7.92. The van der Waals surface area contributed by atoms with Crippen molar-refractivity contribution in [1.82, 2.24) is 10.2 Å². The molecule has 0 spiro atoms. The van der Waals surface area contributed by atoms with Crippen molar-refractivity contribution in [3.8, 4) is 0 Å². The van der Waals surface area contributed by atoms with Gasteiger partial charge in [0, 0.05) is 18.1 Å². The SMILES string of the molecule is CCCNC(=O)C(CC)N(Cc1ccc(F)cc1)C(=O)CN(c1ccc(C)c(C)c1)S(=O)(=O)c1ccc(Cl)cc1. The summed E-state index contributed by atoms with van der Waals surface area (Å²) in [6.45, 7) is 7.37. The fourth-order valence-electron chi connectivity index (χ4n) is 4.22. The molecule has 40 heavy (non-hydrogen) atoms. The Morgan fingerprint density at radius 1 is 0.950 bits per heavy atom. The molecule has 3 aromatic rings. The van der Waals surface area contributed by atoms with Crippen molar-refractivity contribution in [1.29, 1.82) is 0 Å². The van der Waals surface area contributed by atoms with Crippen LogP contribution in [0.25, 0.3) is 0 Å². The number of rotatable bonds is 12. The van der Waals surface area contributed by atoms with Crippen molar-refractivity contribution in [2.75, 3.05) is 17.4 Å². The van der Waals surface area contributed by atoms with Gasteiger partial charge >= 0.3 is 0 Å². The van der Waals surface area contributed by atoms with Gasteiger partial charge in [0.25, 0.3) is 10.0 Å². The average molecular weight is 588 g/mol.